The number of carbonyl (C=O) groups is 3. The van der Waals surface area contributed by atoms with Gasteiger partial charge in [-0.05, 0) is 80.2 Å². The minimum atomic E-state index is -0.862. The van der Waals surface area contributed by atoms with Gasteiger partial charge in [-0.15, -0.1) is 0 Å². The number of likely N-dealkylation sites (N-methyl/N-ethyl adjacent to an activating group) is 1. The van der Waals surface area contributed by atoms with Crippen molar-refractivity contribution in [1.29, 1.82) is 0 Å². The molecular weight excluding hydrogens is 502 g/mol. The Kier molecular flexibility index (Phi) is 11.8. The van der Waals surface area contributed by atoms with Crippen molar-refractivity contribution in [3.05, 3.63) is 58.7 Å². The van der Waals surface area contributed by atoms with E-state index in [0.29, 0.717) is 42.0 Å². The van der Waals surface area contributed by atoms with E-state index in [1.165, 1.54) is 27.4 Å². The van der Waals surface area contributed by atoms with E-state index in [0.717, 1.165) is 24.1 Å². The van der Waals surface area contributed by atoms with Gasteiger partial charge in [0.05, 0.1) is 52.1 Å². The fourth-order valence-corrected chi connectivity index (χ4v) is 4.89. The Labute approximate surface area is 231 Å². The Morgan fingerprint density at radius 2 is 1.38 bits per heavy atom. The van der Waals surface area contributed by atoms with Gasteiger partial charge in [-0.3, -0.25) is 4.79 Å². The molecule has 0 heterocycles. The number of esters is 3. The summed E-state index contributed by atoms with van der Waals surface area (Å²) in [5.41, 5.74) is 1.38. The zero-order chi connectivity index (χ0) is 29.2. The minimum absolute atomic E-state index is 0.0360. The van der Waals surface area contributed by atoms with E-state index in [2.05, 4.69) is 4.90 Å². The predicted octanol–water partition coefficient (Wildman–Crippen LogP) is 4.30. The highest BCUT2D eigenvalue weighted by atomic mass is 16.5. The number of hydrogen-bond acceptors (Lipinski definition) is 9. The molecular formula is C30H41NO8. The molecule has 9 heteroatoms. The van der Waals surface area contributed by atoms with Crippen LogP contribution in [0.4, 0.5) is 0 Å². The summed E-state index contributed by atoms with van der Waals surface area (Å²) in [6, 6.07) is 10.5. The maximum atomic E-state index is 13.3. The summed E-state index contributed by atoms with van der Waals surface area (Å²) in [5.74, 6) is -0.207. The fraction of sp³-hybridized carbons (Fsp3) is 0.500. The molecule has 0 aromatic heterocycles. The average molecular weight is 544 g/mol. The number of nitrogens with zero attached hydrogens (tertiary/aromatic N) is 1. The van der Waals surface area contributed by atoms with Crippen LogP contribution in [0.5, 0.6) is 11.5 Å². The van der Waals surface area contributed by atoms with Crippen LogP contribution in [0.25, 0.3) is 0 Å². The molecule has 2 aromatic carbocycles. The minimum Gasteiger partial charge on any atom is -0.493 e. The van der Waals surface area contributed by atoms with Gasteiger partial charge in [0.25, 0.3) is 0 Å². The highest BCUT2D eigenvalue weighted by molar-refractivity contribution is 5.95. The Balaban J connectivity index is 2.18. The lowest BCUT2D eigenvalue weighted by Gasteiger charge is -2.36. The second kappa shape index (κ2) is 14.5. The zero-order valence-electron chi connectivity index (χ0n) is 24.3. The number of methoxy groups -OCH3 is 5. The molecule has 214 valence electrons. The van der Waals surface area contributed by atoms with Gasteiger partial charge in [0.1, 0.15) is 0 Å². The van der Waals surface area contributed by atoms with Gasteiger partial charge < -0.3 is 28.6 Å². The molecule has 0 N–H and O–H groups in total. The number of carbonyl (C=O) groups excluding carboxylic acids is 3. The van der Waals surface area contributed by atoms with Crippen LogP contribution in [0.2, 0.25) is 0 Å². The normalized spacial score (nSPS) is 12.6. The number of ether oxygens (including phenoxy) is 5. The monoisotopic (exact) mass is 543 g/mol. The first-order valence-electron chi connectivity index (χ1n) is 12.9. The van der Waals surface area contributed by atoms with Gasteiger partial charge >= 0.3 is 17.9 Å². The predicted molar refractivity (Wildman–Crippen MR) is 148 cm³/mol. The van der Waals surface area contributed by atoms with Crippen LogP contribution in [0, 0.1) is 5.92 Å². The van der Waals surface area contributed by atoms with Crippen LogP contribution in [-0.2, 0) is 30.8 Å². The summed E-state index contributed by atoms with van der Waals surface area (Å²) in [6.07, 6.45) is 1.91. The van der Waals surface area contributed by atoms with Gasteiger partial charge in [-0.2, -0.15) is 0 Å². The molecule has 9 nitrogen and oxygen atoms in total. The SMILES string of the molecule is COC(=O)c1cc(CCN(C)CCCC(C(=O)OC)(c2ccc(OC)c(OC)c2)C(C)C)cc(C(=O)OC)c1. The molecule has 0 radical (unpaired) electrons. The van der Waals surface area contributed by atoms with E-state index in [-0.39, 0.29) is 11.9 Å². The van der Waals surface area contributed by atoms with Crippen molar-refractivity contribution in [2.75, 3.05) is 55.7 Å². The van der Waals surface area contributed by atoms with E-state index in [1.807, 2.05) is 39.1 Å². The van der Waals surface area contributed by atoms with Gasteiger partial charge in [-0.25, -0.2) is 9.59 Å². The van der Waals surface area contributed by atoms with Gasteiger partial charge in [0.15, 0.2) is 11.5 Å². The fourth-order valence-electron chi connectivity index (χ4n) is 4.89. The highest BCUT2D eigenvalue weighted by Gasteiger charge is 2.44. The first kappa shape index (κ1) is 31.6. The second-order valence-electron chi connectivity index (χ2n) is 9.75. The molecule has 39 heavy (non-hydrogen) atoms. The average Bonchev–Trinajstić information content (AvgIpc) is 2.96. The quantitative estimate of drug-likeness (QED) is 0.255. The molecule has 0 bridgehead atoms. The smallest absolute Gasteiger partial charge is 0.337 e. The molecule has 0 spiro atoms. The highest BCUT2D eigenvalue weighted by Crippen LogP contribution is 2.41. The Hall–Kier alpha value is -3.59. The van der Waals surface area contributed by atoms with E-state index in [9.17, 15) is 14.4 Å². The molecule has 0 saturated carbocycles. The lowest BCUT2D eigenvalue weighted by molar-refractivity contribution is -0.150. The van der Waals surface area contributed by atoms with E-state index < -0.39 is 17.4 Å². The summed E-state index contributed by atoms with van der Waals surface area (Å²) in [4.78, 5) is 39.6. The Morgan fingerprint density at radius 1 is 0.795 bits per heavy atom. The Morgan fingerprint density at radius 3 is 1.87 bits per heavy atom. The zero-order valence-corrected chi connectivity index (χ0v) is 24.3. The first-order valence-corrected chi connectivity index (χ1v) is 12.9. The molecule has 1 unspecified atom stereocenters. The lowest BCUT2D eigenvalue weighted by atomic mass is 9.68. The van der Waals surface area contributed by atoms with Gasteiger partial charge in [0, 0.05) is 6.54 Å². The van der Waals surface area contributed by atoms with Crippen molar-refractivity contribution in [1.82, 2.24) is 4.90 Å². The summed E-state index contributed by atoms with van der Waals surface area (Å²) in [6.45, 7) is 5.43. The van der Waals surface area contributed by atoms with Gasteiger partial charge in [0.2, 0.25) is 0 Å². The molecule has 0 aliphatic rings. The lowest BCUT2D eigenvalue weighted by Crippen LogP contribution is -2.42. The largest absolute Gasteiger partial charge is 0.493 e. The third-order valence-corrected chi connectivity index (χ3v) is 7.16. The van der Waals surface area contributed by atoms with Crippen molar-refractivity contribution >= 4 is 17.9 Å². The van der Waals surface area contributed by atoms with Crippen LogP contribution < -0.4 is 9.47 Å². The van der Waals surface area contributed by atoms with Crippen molar-refractivity contribution in [3.8, 4) is 11.5 Å². The second-order valence-corrected chi connectivity index (χ2v) is 9.75. The van der Waals surface area contributed by atoms with Crippen molar-refractivity contribution in [2.45, 2.75) is 38.5 Å². The standard InChI is InChI=1S/C30H41NO8/c1-20(2)30(29(34)39-8,24-10-11-25(35-4)26(19-24)36-5)13-9-14-31(3)15-12-21-16-22(27(32)37-6)18-23(17-21)28(33)38-7/h10-11,16-20H,9,12-15H2,1-8H3. The Bertz CT molecular complexity index is 1110. The third-order valence-electron chi connectivity index (χ3n) is 7.16. The molecule has 2 aromatic rings. The van der Waals surface area contributed by atoms with Gasteiger partial charge in [-0.1, -0.05) is 19.9 Å². The maximum absolute atomic E-state index is 13.3. The number of rotatable bonds is 14. The van der Waals surface area contributed by atoms with Crippen molar-refractivity contribution in [2.24, 2.45) is 5.92 Å². The van der Waals surface area contributed by atoms with Crippen LogP contribution in [-0.4, -0.2) is 78.5 Å². The molecule has 0 amide bonds. The number of hydrogen-bond donors (Lipinski definition) is 0. The van der Waals surface area contributed by atoms with Crippen molar-refractivity contribution < 1.29 is 38.1 Å². The van der Waals surface area contributed by atoms with E-state index in [4.69, 9.17) is 23.7 Å². The number of benzene rings is 2. The summed E-state index contributed by atoms with van der Waals surface area (Å²) < 4.78 is 25.8. The topological polar surface area (TPSA) is 101 Å². The van der Waals surface area contributed by atoms with Crippen LogP contribution >= 0.6 is 0 Å². The van der Waals surface area contributed by atoms with E-state index in [1.54, 1.807) is 26.4 Å². The summed E-state index contributed by atoms with van der Waals surface area (Å²) in [7, 11) is 9.16. The van der Waals surface area contributed by atoms with Crippen LogP contribution in [0.15, 0.2) is 36.4 Å². The first-order chi connectivity index (χ1) is 18.6. The molecule has 1 atom stereocenters. The summed E-state index contributed by atoms with van der Waals surface area (Å²) >= 11 is 0. The third kappa shape index (κ3) is 7.50. The molecule has 0 aliphatic heterocycles. The summed E-state index contributed by atoms with van der Waals surface area (Å²) in [5, 5.41) is 0. The van der Waals surface area contributed by atoms with Crippen LogP contribution in [0.3, 0.4) is 0 Å². The molecule has 2 rings (SSSR count). The van der Waals surface area contributed by atoms with Crippen molar-refractivity contribution in [3.63, 3.8) is 0 Å². The molecule has 0 saturated heterocycles. The molecule has 0 fully saturated rings. The maximum Gasteiger partial charge on any atom is 0.337 e. The molecule has 0 aliphatic carbocycles. The van der Waals surface area contributed by atoms with Crippen LogP contribution in [0.1, 0.15) is 58.5 Å². The van der Waals surface area contributed by atoms with E-state index >= 15 is 0 Å².